The van der Waals surface area contributed by atoms with E-state index in [4.69, 9.17) is 0 Å². The van der Waals surface area contributed by atoms with Crippen molar-refractivity contribution < 1.29 is 9.90 Å². The van der Waals surface area contributed by atoms with E-state index in [2.05, 4.69) is 26.0 Å². The lowest BCUT2D eigenvalue weighted by molar-refractivity contribution is -0.138. The van der Waals surface area contributed by atoms with E-state index in [0.29, 0.717) is 0 Å². The highest BCUT2D eigenvalue weighted by atomic mass is 16.4. The number of carboxylic acids is 1. The molecule has 2 nitrogen and oxygen atoms in total. The molecule has 2 rings (SSSR count). The molecule has 0 heterocycles. The predicted octanol–water partition coefficient (Wildman–Crippen LogP) is 4.83. The highest BCUT2D eigenvalue weighted by Crippen LogP contribution is 2.31. The molecule has 0 fully saturated rings. The maximum absolute atomic E-state index is 11.3. The Balaban J connectivity index is 2.54. The monoisotopic (exact) mass is 280 g/mol. The number of rotatable bonds is 4. The van der Waals surface area contributed by atoms with Crippen LogP contribution in [-0.4, -0.2) is 11.1 Å². The summed E-state index contributed by atoms with van der Waals surface area (Å²) in [6.45, 7) is 5.86. The zero-order chi connectivity index (χ0) is 15.4. The van der Waals surface area contributed by atoms with Crippen LogP contribution < -0.4 is 0 Å². The maximum atomic E-state index is 11.3. The molecule has 0 aromatic heterocycles. The van der Waals surface area contributed by atoms with Crippen LogP contribution in [0.1, 0.15) is 43.4 Å². The summed E-state index contributed by atoms with van der Waals surface area (Å²) < 4.78 is 0. The third-order valence-corrected chi connectivity index (χ3v) is 3.97. The molecule has 1 unspecified atom stereocenters. The van der Waals surface area contributed by atoms with Gasteiger partial charge in [-0.25, -0.2) is 0 Å². The molecular weight excluding hydrogens is 260 g/mol. The van der Waals surface area contributed by atoms with Crippen molar-refractivity contribution >= 4 is 17.1 Å². The van der Waals surface area contributed by atoms with E-state index < -0.39 is 11.9 Å². The van der Waals surface area contributed by atoms with Gasteiger partial charge in [0.25, 0.3) is 0 Å². The summed E-state index contributed by atoms with van der Waals surface area (Å²) in [4.78, 5) is 11.3. The average Bonchev–Trinajstić information content (AvgIpc) is 2.53. The molecule has 1 N–H and O–H groups in total. The van der Waals surface area contributed by atoms with E-state index in [0.717, 1.165) is 22.3 Å². The molecule has 0 bridgehead atoms. The fourth-order valence-electron chi connectivity index (χ4n) is 2.46. The van der Waals surface area contributed by atoms with E-state index in [-0.39, 0.29) is 0 Å². The molecule has 0 spiro atoms. The highest BCUT2D eigenvalue weighted by molar-refractivity contribution is 5.91. The Kier molecular flexibility index (Phi) is 4.59. The van der Waals surface area contributed by atoms with Crippen LogP contribution in [0.15, 0.2) is 54.6 Å². The SMILES string of the molecule is C/C(=C(\C)c1ccccc1C(C)C(=O)O)c1ccccc1. The van der Waals surface area contributed by atoms with Gasteiger partial charge in [-0.2, -0.15) is 0 Å². The molecule has 108 valence electrons. The van der Waals surface area contributed by atoms with Crippen LogP contribution >= 0.6 is 0 Å². The average molecular weight is 280 g/mol. The van der Waals surface area contributed by atoms with Crippen molar-refractivity contribution in [3.63, 3.8) is 0 Å². The van der Waals surface area contributed by atoms with E-state index >= 15 is 0 Å². The summed E-state index contributed by atoms with van der Waals surface area (Å²) in [5, 5.41) is 9.28. The van der Waals surface area contributed by atoms with Crippen LogP contribution in [-0.2, 0) is 4.79 Å². The topological polar surface area (TPSA) is 37.3 Å². The van der Waals surface area contributed by atoms with Crippen molar-refractivity contribution in [1.29, 1.82) is 0 Å². The van der Waals surface area contributed by atoms with Gasteiger partial charge in [-0.3, -0.25) is 4.79 Å². The first-order chi connectivity index (χ1) is 10.0. The molecule has 2 aromatic carbocycles. The van der Waals surface area contributed by atoms with E-state index in [1.165, 1.54) is 5.57 Å². The minimum atomic E-state index is -0.799. The fraction of sp³-hybridized carbons (Fsp3) is 0.211. The van der Waals surface area contributed by atoms with Crippen molar-refractivity contribution in [2.24, 2.45) is 0 Å². The lowest BCUT2D eigenvalue weighted by Crippen LogP contribution is -2.09. The molecule has 0 saturated carbocycles. The maximum Gasteiger partial charge on any atom is 0.310 e. The zero-order valence-electron chi connectivity index (χ0n) is 12.6. The Morgan fingerprint density at radius 1 is 0.905 bits per heavy atom. The third-order valence-electron chi connectivity index (χ3n) is 3.97. The number of hydrogen-bond donors (Lipinski definition) is 1. The lowest BCUT2D eigenvalue weighted by Gasteiger charge is -2.16. The summed E-state index contributed by atoms with van der Waals surface area (Å²) in [6.07, 6.45) is 0. The van der Waals surface area contributed by atoms with Crippen molar-refractivity contribution in [1.82, 2.24) is 0 Å². The summed E-state index contributed by atoms with van der Waals surface area (Å²) in [6, 6.07) is 17.9. The summed E-state index contributed by atoms with van der Waals surface area (Å²) >= 11 is 0. The first kappa shape index (κ1) is 15.0. The van der Waals surface area contributed by atoms with Gasteiger partial charge in [-0.15, -0.1) is 0 Å². The molecule has 0 saturated heterocycles. The quantitative estimate of drug-likeness (QED) is 0.815. The molecule has 0 amide bonds. The first-order valence-corrected chi connectivity index (χ1v) is 7.07. The standard InChI is InChI=1S/C19H20O2/c1-13(16-9-5-4-6-10-16)14(2)17-11-7-8-12-18(17)15(3)19(20)21/h4-12,15H,1-3H3,(H,20,21)/b14-13-. The molecule has 0 aliphatic carbocycles. The Hall–Kier alpha value is -2.35. The smallest absolute Gasteiger partial charge is 0.310 e. The van der Waals surface area contributed by atoms with Gasteiger partial charge in [-0.1, -0.05) is 54.6 Å². The van der Waals surface area contributed by atoms with Gasteiger partial charge < -0.3 is 5.11 Å². The fourth-order valence-corrected chi connectivity index (χ4v) is 2.46. The second-order valence-corrected chi connectivity index (χ2v) is 5.26. The van der Waals surface area contributed by atoms with E-state index in [9.17, 15) is 9.90 Å². The molecule has 2 heteroatoms. The first-order valence-electron chi connectivity index (χ1n) is 7.07. The molecule has 0 radical (unpaired) electrons. The van der Waals surface area contributed by atoms with Crippen LogP contribution in [0.3, 0.4) is 0 Å². The van der Waals surface area contributed by atoms with Gasteiger partial charge in [-0.05, 0) is 48.6 Å². The zero-order valence-corrected chi connectivity index (χ0v) is 12.6. The van der Waals surface area contributed by atoms with Crippen molar-refractivity contribution in [2.75, 3.05) is 0 Å². The van der Waals surface area contributed by atoms with Gasteiger partial charge in [0.2, 0.25) is 0 Å². The molecule has 0 aliphatic rings. The summed E-state index contributed by atoms with van der Waals surface area (Å²) in [7, 11) is 0. The Bertz CT molecular complexity index is 669. The number of hydrogen-bond acceptors (Lipinski definition) is 1. The minimum absolute atomic E-state index is 0.514. The highest BCUT2D eigenvalue weighted by Gasteiger charge is 2.18. The Labute approximate surface area is 125 Å². The van der Waals surface area contributed by atoms with Crippen molar-refractivity contribution in [3.05, 3.63) is 71.3 Å². The Morgan fingerprint density at radius 2 is 1.48 bits per heavy atom. The number of carbonyl (C=O) groups is 1. The van der Waals surface area contributed by atoms with Crippen LogP contribution in [0.5, 0.6) is 0 Å². The van der Waals surface area contributed by atoms with E-state index in [1.54, 1.807) is 6.92 Å². The normalized spacial score (nSPS) is 13.5. The molecular formula is C19H20O2. The number of allylic oxidation sites excluding steroid dienone is 2. The molecule has 0 aliphatic heterocycles. The van der Waals surface area contributed by atoms with Gasteiger partial charge in [0.1, 0.15) is 0 Å². The lowest BCUT2D eigenvalue weighted by atomic mass is 9.89. The van der Waals surface area contributed by atoms with Crippen LogP contribution in [0.25, 0.3) is 11.1 Å². The summed E-state index contributed by atoms with van der Waals surface area (Å²) in [5.41, 5.74) is 5.31. The van der Waals surface area contributed by atoms with E-state index in [1.807, 2.05) is 42.5 Å². The predicted molar refractivity (Wildman–Crippen MR) is 87.1 cm³/mol. The molecule has 1 atom stereocenters. The largest absolute Gasteiger partial charge is 0.481 e. The summed E-state index contributed by atoms with van der Waals surface area (Å²) in [5.74, 6) is -1.31. The number of aliphatic carboxylic acids is 1. The second kappa shape index (κ2) is 6.40. The second-order valence-electron chi connectivity index (χ2n) is 5.26. The van der Waals surface area contributed by atoms with Crippen molar-refractivity contribution in [3.8, 4) is 0 Å². The minimum Gasteiger partial charge on any atom is -0.481 e. The van der Waals surface area contributed by atoms with Gasteiger partial charge in [0, 0.05) is 0 Å². The number of benzene rings is 2. The van der Waals surface area contributed by atoms with Crippen LogP contribution in [0, 0.1) is 0 Å². The van der Waals surface area contributed by atoms with Gasteiger partial charge >= 0.3 is 5.97 Å². The van der Waals surface area contributed by atoms with Gasteiger partial charge in [0.15, 0.2) is 0 Å². The van der Waals surface area contributed by atoms with Crippen LogP contribution in [0.4, 0.5) is 0 Å². The molecule has 2 aromatic rings. The third kappa shape index (κ3) is 3.22. The van der Waals surface area contributed by atoms with Gasteiger partial charge in [0.05, 0.1) is 5.92 Å². The number of carboxylic acid groups (broad SMARTS) is 1. The van der Waals surface area contributed by atoms with Crippen molar-refractivity contribution in [2.45, 2.75) is 26.7 Å². The van der Waals surface area contributed by atoms with Crippen LogP contribution in [0.2, 0.25) is 0 Å². The molecule has 21 heavy (non-hydrogen) atoms. The Morgan fingerprint density at radius 3 is 2.10 bits per heavy atom.